The van der Waals surface area contributed by atoms with Gasteiger partial charge in [-0.25, -0.2) is 9.69 Å². The van der Waals surface area contributed by atoms with Crippen molar-refractivity contribution in [2.45, 2.75) is 31.8 Å². The Labute approximate surface area is 211 Å². The van der Waals surface area contributed by atoms with E-state index in [0.717, 1.165) is 4.90 Å². The van der Waals surface area contributed by atoms with Gasteiger partial charge in [0.1, 0.15) is 5.54 Å². The van der Waals surface area contributed by atoms with Crippen LogP contribution < -0.4 is 21.3 Å². The topological polar surface area (TPSA) is 148 Å². The number of halogens is 1. The lowest BCUT2D eigenvalue weighted by Gasteiger charge is -2.29. The monoisotopic (exact) mass is 510 g/mol. The molecule has 0 radical (unpaired) electrons. The Bertz CT molecular complexity index is 1340. The summed E-state index contributed by atoms with van der Waals surface area (Å²) in [4.78, 5) is 65.9. The predicted molar refractivity (Wildman–Crippen MR) is 129 cm³/mol. The van der Waals surface area contributed by atoms with Gasteiger partial charge in [0.2, 0.25) is 23.6 Å². The Balaban J connectivity index is 1.60. The maximum Gasteiger partial charge on any atom is 0.338 e. The van der Waals surface area contributed by atoms with Crippen LogP contribution in [0.15, 0.2) is 36.4 Å². The molecule has 0 saturated carbocycles. The van der Waals surface area contributed by atoms with Crippen molar-refractivity contribution in [3.05, 3.63) is 58.1 Å². The third kappa shape index (κ3) is 3.25. The van der Waals surface area contributed by atoms with E-state index in [1.807, 2.05) is 0 Å². The van der Waals surface area contributed by atoms with E-state index < -0.39 is 53.0 Å². The molecule has 10 nitrogen and oxygen atoms in total. The lowest BCUT2D eigenvalue weighted by molar-refractivity contribution is -0.130. The van der Waals surface area contributed by atoms with Crippen molar-refractivity contribution in [3.63, 3.8) is 0 Å². The minimum Gasteiger partial charge on any atom is -0.462 e. The standard InChI is InChI=1S/C25H23ClN4O6/c1-3-36-23(34)12-4-6-13(7-5-12)30-21(32)18-16(10-17(27)31)29-25(19(18)22(30)33)14-8-9-15(26)11(2)20(14)28-24(25)35/h4-9,16,18-19,29H,3,10H2,1-2H3,(H2,27,31)(H,28,35). The molecule has 2 saturated heterocycles. The maximum absolute atomic E-state index is 13.9. The van der Waals surface area contributed by atoms with E-state index in [2.05, 4.69) is 10.6 Å². The molecule has 2 aromatic carbocycles. The molecule has 36 heavy (non-hydrogen) atoms. The van der Waals surface area contributed by atoms with E-state index in [0.29, 0.717) is 21.8 Å². The van der Waals surface area contributed by atoms with Crippen molar-refractivity contribution < 1.29 is 28.7 Å². The highest BCUT2D eigenvalue weighted by atomic mass is 35.5. The van der Waals surface area contributed by atoms with Gasteiger partial charge in [-0.2, -0.15) is 0 Å². The minimum atomic E-state index is -1.58. The quantitative estimate of drug-likeness (QED) is 0.409. The van der Waals surface area contributed by atoms with Crippen LogP contribution in [0.2, 0.25) is 5.02 Å². The third-order valence-corrected chi connectivity index (χ3v) is 7.55. The largest absolute Gasteiger partial charge is 0.462 e. The summed E-state index contributed by atoms with van der Waals surface area (Å²) < 4.78 is 4.98. The number of hydrogen-bond donors (Lipinski definition) is 3. The van der Waals surface area contributed by atoms with Gasteiger partial charge in [0.15, 0.2) is 0 Å². The van der Waals surface area contributed by atoms with Crippen LogP contribution in [0, 0.1) is 18.8 Å². The van der Waals surface area contributed by atoms with Crippen LogP contribution in [0.5, 0.6) is 0 Å². The summed E-state index contributed by atoms with van der Waals surface area (Å²) in [7, 11) is 0. The summed E-state index contributed by atoms with van der Waals surface area (Å²) in [5.74, 6) is -5.00. The first-order valence-corrected chi connectivity index (χ1v) is 11.8. The number of rotatable bonds is 5. The summed E-state index contributed by atoms with van der Waals surface area (Å²) in [5, 5.41) is 6.39. The Morgan fingerprint density at radius 1 is 1.11 bits per heavy atom. The normalized spacial score (nSPS) is 26.2. The average Bonchev–Trinajstić information content (AvgIpc) is 3.41. The first-order chi connectivity index (χ1) is 17.1. The fraction of sp³-hybridized carbons (Fsp3) is 0.320. The molecule has 4 atom stereocenters. The molecule has 1 spiro atoms. The van der Waals surface area contributed by atoms with Crippen molar-refractivity contribution in [1.82, 2.24) is 5.32 Å². The van der Waals surface area contributed by atoms with Crippen LogP contribution in [-0.2, 0) is 29.5 Å². The Morgan fingerprint density at radius 2 is 1.81 bits per heavy atom. The van der Waals surface area contributed by atoms with Gasteiger partial charge in [0.05, 0.1) is 35.4 Å². The van der Waals surface area contributed by atoms with Gasteiger partial charge in [0.25, 0.3) is 0 Å². The molecule has 4 unspecified atom stereocenters. The molecule has 3 aliphatic rings. The molecule has 4 amide bonds. The summed E-state index contributed by atoms with van der Waals surface area (Å²) in [6.45, 7) is 3.64. The molecule has 2 fully saturated rings. The van der Waals surface area contributed by atoms with Gasteiger partial charge in [0, 0.05) is 23.0 Å². The predicted octanol–water partition coefficient (Wildman–Crippen LogP) is 1.63. The second-order valence-corrected chi connectivity index (χ2v) is 9.47. The number of benzene rings is 2. The number of nitrogens with one attached hydrogen (secondary N) is 2. The molecule has 0 bridgehead atoms. The van der Waals surface area contributed by atoms with Crippen molar-refractivity contribution >= 4 is 52.6 Å². The summed E-state index contributed by atoms with van der Waals surface area (Å²) in [6.07, 6.45) is -0.243. The maximum atomic E-state index is 13.9. The highest BCUT2D eigenvalue weighted by Crippen LogP contribution is 2.55. The Hall–Kier alpha value is -3.76. The number of carbonyl (C=O) groups is 5. The van der Waals surface area contributed by atoms with Crippen LogP contribution in [0.1, 0.15) is 34.8 Å². The first-order valence-electron chi connectivity index (χ1n) is 11.4. The molecule has 5 rings (SSSR count). The highest BCUT2D eigenvalue weighted by Gasteiger charge is 2.70. The van der Waals surface area contributed by atoms with Gasteiger partial charge in [-0.05, 0) is 49.7 Å². The number of ether oxygens (including phenoxy) is 1. The molecule has 2 aromatic rings. The number of carbonyl (C=O) groups excluding carboxylic acids is 5. The van der Waals surface area contributed by atoms with Crippen molar-refractivity contribution in [3.8, 4) is 0 Å². The van der Waals surface area contributed by atoms with E-state index in [1.165, 1.54) is 24.3 Å². The minimum absolute atomic E-state index is 0.206. The number of esters is 1. The van der Waals surface area contributed by atoms with E-state index in [4.69, 9.17) is 22.1 Å². The van der Waals surface area contributed by atoms with E-state index in [-0.39, 0.29) is 24.3 Å². The smallest absolute Gasteiger partial charge is 0.338 e. The number of primary amides is 1. The highest BCUT2D eigenvalue weighted by molar-refractivity contribution is 6.32. The van der Waals surface area contributed by atoms with Crippen LogP contribution in [0.25, 0.3) is 0 Å². The second-order valence-electron chi connectivity index (χ2n) is 9.06. The number of imide groups is 1. The number of hydrogen-bond acceptors (Lipinski definition) is 7. The first kappa shape index (κ1) is 24.0. The van der Waals surface area contributed by atoms with Gasteiger partial charge in [-0.1, -0.05) is 17.7 Å². The molecule has 11 heteroatoms. The summed E-state index contributed by atoms with van der Waals surface area (Å²) >= 11 is 6.26. The van der Waals surface area contributed by atoms with E-state index in [9.17, 15) is 24.0 Å². The molecule has 4 N–H and O–H groups in total. The molecule has 3 aliphatic heterocycles. The lowest BCUT2D eigenvalue weighted by Crippen LogP contribution is -2.53. The van der Waals surface area contributed by atoms with Crippen molar-refractivity contribution in [2.24, 2.45) is 17.6 Å². The molecule has 0 aliphatic carbocycles. The molecule has 3 heterocycles. The fourth-order valence-corrected chi connectivity index (χ4v) is 5.75. The van der Waals surface area contributed by atoms with E-state index >= 15 is 0 Å². The fourth-order valence-electron chi connectivity index (χ4n) is 5.60. The number of anilines is 2. The van der Waals surface area contributed by atoms with Crippen molar-refractivity contribution in [2.75, 3.05) is 16.8 Å². The zero-order valence-corrected chi connectivity index (χ0v) is 20.2. The zero-order valence-electron chi connectivity index (χ0n) is 19.5. The number of nitrogens with zero attached hydrogens (tertiary/aromatic N) is 1. The second kappa shape index (κ2) is 8.42. The molecule has 186 valence electrons. The Morgan fingerprint density at radius 3 is 2.44 bits per heavy atom. The average molecular weight is 511 g/mol. The third-order valence-electron chi connectivity index (χ3n) is 7.14. The van der Waals surface area contributed by atoms with Crippen LogP contribution >= 0.6 is 11.6 Å². The van der Waals surface area contributed by atoms with E-state index in [1.54, 1.807) is 26.0 Å². The lowest BCUT2D eigenvalue weighted by atomic mass is 9.76. The molecular formula is C25H23ClN4O6. The van der Waals surface area contributed by atoms with Crippen LogP contribution in [0.3, 0.4) is 0 Å². The van der Waals surface area contributed by atoms with Gasteiger partial charge < -0.3 is 15.8 Å². The van der Waals surface area contributed by atoms with Crippen LogP contribution in [0.4, 0.5) is 11.4 Å². The number of fused-ring (bicyclic) bond motifs is 4. The molecule has 0 aromatic heterocycles. The SMILES string of the molecule is CCOC(=O)c1ccc(N2C(=O)C3C(CC(N)=O)NC4(C(=O)Nc5c4ccc(Cl)c5C)C3C2=O)cc1. The number of nitrogens with two attached hydrogens (primary N) is 1. The Kier molecular flexibility index (Phi) is 5.60. The number of amides is 4. The van der Waals surface area contributed by atoms with Crippen LogP contribution in [-0.4, -0.2) is 42.2 Å². The van der Waals surface area contributed by atoms with Gasteiger partial charge in [-0.3, -0.25) is 24.5 Å². The summed E-state index contributed by atoms with van der Waals surface area (Å²) in [6, 6.07) is 8.29. The van der Waals surface area contributed by atoms with Gasteiger partial charge >= 0.3 is 5.97 Å². The van der Waals surface area contributed by atoms with Gasteiger partial charge in [-0.15, -0.1) is 0 Å². The zero-order chi connectivity index (χ0) is 25.9. The van der Waals surface area contributed by atoms with Crippen molar-refractivity contribution in [1.29, 1.82) is 0 Å². The summed E-state index contributed by atoms with van der Waals surface area (Å²) in [5.41, 5.74) is 5.96. The molecular weight excluding hydrogens is 488 g/mol.